The molecule has 4 aliphatic heterocycles. The van der Waals surface area contributed by atoms with E-state index in [0.717, 1.165) is 102 Å². The standard InChI is InChI=1S/C44H57ClN4O6S/c1-31-8-6-18-44(53-3,17-4-5-19-47-20-21-48-22-23-54-28-37(48)27-47)39-13-10-35(39)26-49-29-43(16-7-9-33-24-36(45)12-14-38(33)43)30-55-41-15-11-34(25-40(41)49)42(50)46-56(51,52)32(31)2/h6,11-12,14-15,18,24-25,31-32,35,37,39H,5,7-10,13,16,19-23,26-30H2,1-3H3,(H,46,50)/b18-6+/t31-,32+,35-,37-,39+,43-,44-/m0/s1. The third kappa shape index (κ3) is 7.87. The Bertz CT molecular complexity index is 2000. The van der Waals surface area contributed by atoms with Crippen LogP contribution in [-0.2, 0) is 31.3 Å². The number of rotatable bonds is 3. The number of carbonyl (C=O) groups excluding carboxylic acids is 1. The third-order valence-corrected chi connectivity index (χ3v) is 16.0. The molecular weight excluding hydrogens is 748 g/mol. The number of hydrogen-bond donors (Lipinski definition) is 1. The molecule has 10 nitrogen and oxygen atoms in total. The van der Waals surface area contributed by atoms with Gasteiger partial charge in [-0.3, -0.25) is 14.6 Å². The number of piperazine rings is 1. The van der Waals surface area contributed by atoms with Gasteiger partial charge in [0.2, 0.25) is 10.0 Å². The summed E-state index contributed by atoms with van der Waals surface area (Å²) in [6, 6.07) is 12.0. The van der Waals surface area contributed by atoms with E-state index in [1.54, 1.807) is 20.1 Å². The third-order valence-electron chi connectivity index (χ3n) is 13.8. The first-order valence-electron chi connectivity index (χ1n) is 20.6. The molecule has 0 aromatic heterocycles. The molecule has 7 atom stereocenters. The summed E-state index contributed by atoms with van der Waals surface area (Å²) in [7, 11) is -2.21. The molecule has 302 valence electrons. The van der Waals surface area contributed by atoms with E-state index in [1.807, 2.05) is 25.1 Å². The number of aryl methyl sites for hydroxylation is 1. The lowest BCUT2D eigenvalue weighted by Gasteiger charge is -2.48. The van der Waals surface area contributed by atoms with E-state index < -0.39 is 26.8 Å². The minimum atomic E-state index is -3.98. The van der Waals surface area contributed by atoms with Crippen LogP contribution in [0.5, 0.6) is 5.75 Å². The molecule has 2 aromatic rings. The number of carbonyl (C=O) groups is 1. The number of fused-ring (bicyclic) bond motifs is 5. The number of hydrogen-bond acceptors (Lipinski definition) is 9. The predicted octanol–water partition coefficient (Wildman–Crippen LogP) is 5.68. The summed E-state index contributed by atoms with van der Waals surface area (Å²) in [4.78, 5) is 21.1. The van der Waals surface area contributed by atoms with Gasteiger partial charge in [0.1, 0.15) is 11.4 Å². The fourth-order valence-electron chi connectivity index (χ4n) is 10.1. The molecule has 3 fully saturated rings. The summed E-state index contributed by atoms with van der Waals surface area (Å²) in [6.45, 7) is 12.1. The first-order chi connectivity index (χ1) is 27.0. The molecule has 1 N–H and O–H groups in total. The molecule has 1 spiro atoms. The normalized spacial score (nSPS) is 33.9. The highest BCUT2D eigenvalue weighted by Crippen LogP contribution is 2.49. The van der Waals surface area contributed by atoms with E-state index in [0.29, 0.717) is 36.9 Å². The number of halogens is 1. The van der Waals surface area contributed by atoms with Crippen LogP contribution in [0.15, 0.2) is 48.6 Å². The van der Waals surface area contributed by atoms with Crippen molar-refractivity contribution in [2.45, 2.75) is 81.1 Å². The Morgan fingerprint density at radius 3 is 2.79 bits per heavy atom. The molecule has 2 aliphatic carbocycles. The average Bonchev–Trinajstić information content (AvgIpc) is 3.33. The summed E-state index contributed by atoms with van der Waals surface area (Å²) < 4.78 is 48.6. The maximum atomic E-state index is 13.7. The van der Waals surface area contributed by atoms with Crippen molar-refractivity contribution in [3.05, 3.63) is 70.3 Å². The van der Waals surface area contributed by atoms with E-state index in [-0.39, 0.29) is 23.2 Å². The maximum absolute atomic E-state index is 13.7. The van der Waals surface area contributed by atoms with Crippen LogP contribution in [0.1, 0.15) is 73.9 Å². The minimum absolute atomic E-state index is 0.121. The summed E-state index contributed by atoms with van der Waals surface area (Å²) in [5, 5.41) is -0.0689. The topological polar surface area (TPSA) is 101 Å². The largest absolute Gasteiger partial charge is 0.490 e. The Morgan fingerprint density at radius 2 is 1.96 bits per heavy atom. The zero-order chi connectivity index (χ0) is 39.1. The Kier molecular flexibility index (Phi) is 11.5. The SMILES string of the molecule is CO[C@@]1(C#CCCN2CCN3CCOC[C@@H]3C2)/C=C/C[C@H](C)[C@@H](C)S(=O)(=O)NC(=O)c2ccc3c(c2)N(C[C@@H]2CC[C@H]21)C[C@@]1(CCCc2cc(Cl)ccc21)CO3. The second-order valence-corrected chi connectivity index (χ2v) is 19.6. The molecule has 2 aromatic carbocycles. The van der Waals surface area contributed by atoms with Crippen LogP contribution < -0.4 is 14.4 Å². The molecule has 6 aliphatic rings. The van der Waals surface area contributed by atoms with Gasteiger partial charge in [-0.2, -0.15) is 0 Å². The van der Waals surface area contributed by atoms with Crippen LogP contribution in [0.4, 0.5) is 5.69 Å². The average molecular weight is 805 g/mol. The molecular formula is C44H57ClN4O6S. The minimum Gasteiger partial charge on any atom is -0.490 e. The lowest BCUT2D eigenvalue weighted by atomic mass is 9.64. The van der Waals surface area contributed by atoms with Crippen LogP contribution >= 0.6 is 11.6 Å². The van der Waals surface area contributed by atoms with Crippen molar-refractivity contribution >= 4 is 33.2 Å². The van der Waals surface area contributed by atoms with Gasteiger partial charge in [-0.1, -0.05) is 42.5 Å². The Balaban J connectivity index is 1.13. The first-order valence-corrected chi connectivity index (χ1v) is 22.6. The highest BCUT2D eigenvalue weighted by molar-refractivity contribution is 7.90. The lowest BCUT2D eigenvalue weighted by Crippen LogP contribution is -2.58. The Hall–Kier alpha value is -3.11. The van der Waals surface area contributed by atoms with Gasteiger partial charge in [-0.05, 0) is 105 Å². The van der Waals surface area contributed by atoms with Crippen molar-refractivity contribution < 1.29 is 27.4 Å². The fraction of sp³-hybridized carbons (Fsp3) is 0.614. The zero-order valence-corrected chi connectivity index (χ0v) is 34.7. The summed E-state index contributed by atoms with van der Waals surface area (Å²) >= 11 is 6.51. The quantitative estimate of drug-likeness (QED) is 0.311. The molecule has 4 heterocycles. The van der Waals surface area contributed by atoms with Crippen LogP contribution in [-0.4, -0.2) is 114 Å². The number of benzene rings is 2. The predicted molar refractivity (Wildman–Crippen MR) is 220 cm³/mol. The highest BCUT2D eigenvalue weighted by atomic mass is 35.5. The first kappa shape index (κ1) is 39.7. The van der Waals surface area contributed by atoms with Gasteiger partial charge in [-0.25, -0.2) is 13.1 Å². The van der Waals surface area contributed by atoms with Gasteiger partial charge in [0.25, 0.3) is 5.91 Å². The van der Waals surface area contributed by atoms with Crippen LogP contribution in [0.3, 0.4) is 0 Å². The number of ether oxygens (including phenoxy) is 3. The van der Waals surface area contributed by atoms with E-state index in [1.165, 1.54) is 11.1 Å². The number of amides is 1. The van der Waals surface area contributed by atoms with Gasteiger partial charge in [0.05, 0.1) is 30.8 Å². The molecule has 12 heteroatoms. The number of allylic oxidation sites excluding steroid dienone is 1. The lowest BCUT2D eigenvalue weighted by molar-refractivity contribution is -0.0441. The molecule has 8 rings (SSSR count). The van der Waals surface area contributed by atoms with E-state index >= 15 is 0 Å². The van der Waals surface area contributed by atoms with Gasteiger partial charge in [0, 0.05) is 87.3 Å². The summed E-state index contributed by atoms with van der Waals surface area (Å²) in [5.74, 6) is 7.41. The Morgan fingerprint density at radius 1 is 1.09 bits per heavy atom. The summed E-state index contributed by atoms with van der Waals surface area (Å²) in [6.07, 6.45) is 10.3. The smallest absolute Gasteiger partial charge is 0.264 e. The number of morpholine rings is 1. The van der Waals surface area contributed by atoms with Crippen molar-refractivity contribution in [1.82, 2.24) is 14.5 Å². The Labute approximate surface area is 338 Å². The molecule has 0 unspecified atom stereocenters. The van der Waals surface area contributed by atoms with Crippen molar-refractivity contribution in [3.63, 3.8) is 0 Å². The molecule has 1 saturated carbocycles. The van der Waals surface area contributed by atoms with Gasteiger partial charge < -0.3 is 19.1 Å². The second kappa shape index (κ2) is 16.3. The number of nitrogens with zero attached hydrogens (tertiary/aromatic N) is 3. The fourth-order valence-corrected chi connectivity index (χ4v) is 11.6. The van der Waals surface area contributed by atoms with Crippen LogP contribution in [0.2, 0.25) is 5.02 Å². The van der Waals surface area contributed by atoms with Crippen molar-refractivity contribution in [2.75, 3.05) is 77.6 Å². The second-order valence-electron chi connectivity index (χ2n) is 17.1. The van der Waals surface area contributed by atoms with E-state index in [2.05, 4.69) is 55.5 Å². The van der Waals surface area contributed by atoms with Crippen LogP contribution in [0.25, 0.3) is 0 Å². The number of methoxy groups -OCH3 is 1. The molecule has 2 bridgehead atoms. The van der Waals surface area contributed by atoms with Crippen molar-refractivity contribution in [1.29, 1.82) is 0 Å². The molecule has 1 amide bonds. The van der Waals surface area contributed by atoms with E-state index in [4.69, 9.17) is 25.8 Å². The summed E-state index contributed by atoms with van der Waals surface area (Å²) in [5.41, 5.74) is 2.50. The van der Waals surface area contributed by atoms with Crippen LogP contribution in [0, 0.1) is 29.6 Å². The van der Waals surface area contributed by atoms with Crippen molar-refractivity contribution in [2.24, 2.45) is 17.8 Å². The number of nitrogens with one attached hydrogen (secondary N) is 1. The van der Waals surface area contributed by atoms with Gasteiger partial charge in [-0.15, -0.1) is 0 Å². The van der Waals surface area contributed by atoms with Gasteiger partial charge in [0.15, 0.2) is 0 Å². The highest BCUT2D eigenvalue weighted by Gasteiger charge is 2.49. The van der Waals surface area contributed by atoms with E-state index in [9.17, 15) is 13.2 Å². The van der Waals surface area contributed by atoms with Gasteiger partial charge >= 0.3 is 0 Å². The van der Waals surface area contributed by atoms with Crippen molar-refractivity contribution in [3.8, 4) is 17.6 Å². The molecule has 0 radical (unpaired) electrons. The maximum Gasteiger partial charge on any atom is 0.264 e. The molecule has 2 saturated heterocycles. The number of anilines is 1. The molecule has 56 heavy (non-hydrogen) atoms. The zero-order valence-electron chi connectivity index (χ0n) is 33.1. The number of sulfonamides is 1. The monoisotopic (exact) mass is 804 g/mol.